The number of rotatable bonds is 2. The van der Waals surface area contributed by atoms with Gasteiger partial charge in [0.15, 0.2) is 0 Å². The number of carboxylic acids is 1. The van der Waals surface area contributed by atoms with E-state index in [2.05, 4.69) is 4.98 Å². The predicted molar refractivity (Wildman–Crippen MR) is 66.8 cm³/mol. The van der Waals surface area contributed by atoms with Crippen LogP contribution >= 0.6 is 11.6 Å². The monoisotopic (exact) mass is 308 g/mol. The van der Waals surface area contributed by atoms with Crippen LogP contribution in [0.1, 0.15) is 18.4 Å². The third-order valence-electron chi connectivity index (χ3n) is 3.28. The lowest BCUT2D eigenvalue weighted by atomic mass is 9.97. The lowest BCUT2D eigenvalue weighted by Crippen LogP contribution is -2.36. The van der Waals surface area contributed by atoms with Gasteiger partial charge in [0.05, 0.1) is 11.5 Å². The summed E-state index contributed by atoms with van der Waals surface area (Å²) >= 11 is 5.62. The average Bonchev–Trinajstić information content (AvgIpc) is 2.37. The number of carboxylic acid groups (broad SMARTS) is 1. The number of carbonyl (C=O) groups is 1. The number of aliphatic carboxylic acids is 1. The van der Waals surface area contributed by atoms with Crippen molar-refractivity contribution in [2.24, 2.45) is 5.92 Å². The molecule has 0 saturated carbocycles. The minimum absolute atomic E-state index is 0.133. The molecule has 0 bridgehead atoms. The van der Waals surface area contributed by atoms with E-state index in [4.69, 9.17) is 16.7 Å². The van der Waals surface area contributed by atoms with Crippen molar-refractivity contribution in [3.63, 3.8) is 0 Å². The molecule has 1 fully saturated rings. The Morgan fingerprint density at radius 3 is 2.45 bits per heavy atom. The summed E-state index contributed by atoms with van der Waals surface area (Å²) in [6.45, 7) is 0.698. The van der Waals surface area contributed by atoms with Gasteiger partial charge in [-0.3, -0.25) is 4.79 Å². The molecule has 0 radical (unpaired) electrons. The van der Waals surface area contributed by atoms with Crippen molar-refractivity contribution in [1.29, 1.82) is 0 Å². The van der Waals surface area contributed by atoms with E-state index in [-0.39, 0.29) is 11.0 Å². The zero-order chi connectivity index (χ0) is 14.9. The molecule has 0 spiro atoms. The van der Waals surface area contributed by atoms with Gasteiger partial charge in [0.25, 0.3) is 0 Å². The van der Waals surface area contributed by atoms with Gasteiger partial charge in [0.1, 0.15) is 11.0 Å². The van der Waals surface area contributed by atoms with Crippen molar-refractivity contribution in [3.05, 3.63) is 22.8 Å². The van der Waals surface area contributed by atoms with E-state index in [1.54, 1.807) is 4.90 Å². The normalized spacial score (nSPS) is 17.3. The highest BCUT2D eigenvalue weighted by atomic mass is 35.5. The molecule has 110 valence electrons. The van der Waals surface area contributed by atoms with Crippen molar-refractivity contribution in [3.8, 4) is 0 Å². The number of hydrogen-bond donors (Lipinski definition) is 1. The Labute approximate surface area is 118 Å². The van der Waals surface area contributed by atoms with E-state index >= 15 is 0 Å². The van der Waals surface area contributed by atoms with Crippen LogP contribution in [-0.4, -0.2) is 29.1 Å². The largest absolute Gasteiger partial charge is 0.481 e. The first kappa shape index (κ1) is 14.9. The smallest absolute Gasteiger partial charge is 0.416 e. The fourth-order valence-electron chi connectivity index (χ4n) is 2.16. The van der Waals surface area contributed by atoms with Gasteiger partial charge in [-0.05, 0) is 25.0 Å². The van der Waals surface area contributed by atoms with E-state index in [1.165, 1.54) is 0 Å². The number of anilines is 1. The van der Waals surface area contributed by atoms with Crippen LogP contribution < -0.4 is 4.90 Å². The van der Waals surface area contributed by atoms with E-state index in [1.807, 2.05) is 0 Å². The Morgan fingerprint density at radius 2 is 1.95 bits per heavy atom. The number of pyridine rings is 1. The third-order valence-corrected chi connectivity index (χ3v) is 3.47. The van der Waals surface area contributed by atoms with Crippen LogP contribution in [0.15, 0.2) is 12.1 Å². The molecular formula is C12H12ClF3N2O2. The van der Waals surface area contributed by atoms with Crippen molar-refractivity contribution < 1.29 is 23.1 Å². The van der Waals surface area contributed by atoms with Gasteiger partial charge < -0.3 is 10.0 Å². The van der Waals surface area contributed by atoms with Crippen molar-refractivity contribution in [2.45, 2.75) is 19.0 Å². The Bertz CT molecular complexity index is 514. The molecule has 2 heterocycles. The zero-order valence-electron chi connectivity index (χ0n) is 10.3. The lowest BCUT2D eigenvalue weighted by molar-refractivity contribution is -0.142. The second kappa shape index (κ2) is 5.47. The van der Waals surface area contributed by atoms with E-state index in [0.717, 1.165) is 12.1 Å². The number of halogens is 4. The number of nitrogens with zero attached hydrogens (tertiary/aromatic N) is 2. The summed E-state index contributed by atoms with van der Waals surface area (Å²) in [5.41, 5.74) is -0.854. The summed E-state index contributed by atoms with van der Waals surface area (Å²) in [7, 11) is 0. The van der Waals surface area contributed by atoms with E-state index in [0.29, 0.717) is 25.9 Å². The molecule has 20 heavy (non-hydrogen) atoms. The number of aromatic nitrogens is 1. The minimum atomic E-state index is -4.49. The standard InChI is InChI=1S/C12H12ClF3N2O2/c13-9-5-8(12(14,15)16)6-10(17-9)18-3-1-7(2-4-18)11(19)20/h5-7H,1-4H2,(H,19,20). The van der Waals surface area contributed by atoms with Crippen LogP contribution in [0.5, 0.6) is 0 Å². The number of piperidine rings is 1. The molecule has 0 aromatic carbocycles. The second-order valence-corrected chi connectivity index (χ2v) is 5.02. The summed E-state index contributed by atoms with van der Waals surface area (Å²) in [5, 5.41) is 8.66. The molecule has 1 saturated heterocycles. The first-order chi connectivity index (χ1) is 9.27. The first-order valence-electron chi connectivity index (χ1n) is 6.00. The van der Waals surface area contributed by atoms with Gasteiger partial charge in [-0.15, -0.1) is 0 Å². The van der Waals surface area contributed by atoms with Crippen LogP contribution in [0, 0.1) is 5.92 Å². The average molecular weight is 309 g/mol. The predicted octanol–water partition coefficient (Wildman–Crippen LogP) is 3.05. The molecule has 0 atom stereocenters. The number of alkyl halides is 3. The highest BCUT2D eigenvalue weighted by Gasteiger charge is 2.33. The Hall–Kier alpha value is -1.50. The van der Waals surface area contributed by atoms with Gasteiger partial charge in [0.2, 0.25) is 0 Å². The molecule has 0 aliphatic carbocycles. The lowest BCUT2D eigenvalue weighted by Gasteiger charge is -2.31. The van der Waals surface area contributed by atoms with Crippen molar-refractivity contribution >= 4 is 23.4 Å². The second-order valence-electron chi connectivity index (χ2n) is 4.63. The maximum absolute atomic E-state index is 12.7. The van der Waals surface area contributed by atoms with Crippen LogP contribution in [0.2, 0.25) is 5.15 Å². The summed E-state index contributed by atoms with van der Waals surface area (Å²) in [4.78, 5) is 16.3. The molecule has 8 heteroatoms. The molecule has 0 unspecified atom stereocenters. The highest BCUT2D eigenvalue weighted by molar-refractivity contribution is 6.29. The van der Waals surface area contributed by atoms with Crippen molar-refractivity contribution in [1.82, 2.24) is 4.98 Å². The fourth-order valence-corrected chi connectivity index (χ4v) is 2.37. The third kappa shape index (κ3) is 3.33. The Balaban J connectivity index is 2.18. The summed E-state index contributed by atoms with van der Waals surface area (Å²) < 4.78 is 38.1. The molecular weight excluding hydrogens is 297 g/mol. The maximum Gasteiger partial charge on any atom is 0.416 e. The highest BCUT2D eigenvalue weighted by Crippen LogP contribution is 2.33. The Kier molecular flexibility index (Phi) is 4.08. The molecule has 1 aliphatic rings. The first-order valence-corrected chi connectivity index (χ1v) is 6.37. The minimum Gasteiger partial charge on any atom is -0.481 e. The number of hydrogen-bond acceptors (Lipinski definition) is 3. The quantitative estimate of drug-likeness (QED) is 0.853. The van der Waals surface area contributed by atoms with Gasteiger partial charge in [-0.1, -0.05) is 11.6 Å². The van der Waals surface area contributed by atoms with Gasteiger partial charge in [-0.2, -0.15) is 13.2 Å². The molecule has 0 amide bonds. The summed E-state index contributed by atoms with van der Waals surface area (Å²) in [6, 6.07) is 1.71. The Morgan fingerprint density at radius 1 is 1.35 bits per heavy atom. The van der Waals surface area contributed by atoms with Crippen LogP contribution in [0.4, 0.5) is 19.0 Å². The van der Waals surface area contributed by atoms with E-state index in [9.17, 15) is 18.0 Å². The topological polar surface area (TPSA) is 53.4 Å². The molecule has 4 nitrogen and oxygen atoms in total. The summed E-state index contributed by atoms with van der Waals surface area (Å²) in [5.74, 6) is -1.19. The molecule has 2 rings (SSSR count). The molecule has 1 N–H and O–H groups in total. The zero-order valence-corrected chi connectivity index (χ0v) is 11.1. The van der Waals surface area contributed by atoms with Gasteiger partial charge >= 0.3 is 12.1 Å². The molecule has 1 aromatic heterocycles. The summed E-state index contributed by atoms with van der Waals surface area (Å²) in [6.07, 6.45) is -3.73. The fraction of sp³-hybridized carbons (Fsp3) is 0.500. The van der Waals surface area contributed by atoms with E-state index < -0.39 is 23.6 Å². The SMILES string of the molecule is O=C(O)C1CCN(c2cc(C(F)(F)F)cc(Cl)n2)CC1. The molecule has 1 aromatic rings. The van der Waals surface area contributed by atoms with Crippen molar-refractivity contribution in [2.75, 3.05) is 18.0 Å². The molecule has 1 aliphatic heterocycles. The van der Waals surface area contributed by atoms with Crippen LogP contribution in [0.25, 0.3) is 0 Å². The van der Waals surface area contributed by atoms with Crippen LogP contribution in [0.3, 0.4) is 0 Å². The van der Waals surface area contributed by atoms with Gasteiger partial charge in [-0.25, -0.2) is 4.98 Å². The van der Waals surface area contributed by atoms with Gasteiger partial charge in [0, 0.05) is 13.1 Å². The van der Waals surface area contributed by atoms with Crippen LogP contribution in [-0.2, 0) is 11.0 Å². The maximum atomic E-state index is 12.7.